The summed E-state index contributed by atoms with van der Waals surface area (Å²) in [7, 11) is -0.419. The zero-order chi connectivity index (χ0) is 18.2. The van der Waals surface area contributed by atoms with Crippen molar-refractivity contribution in [2.75, 3.05) is 5.32 Å². The number of nitrogens with zero attached hydrogens (tertiary/aromatic N) is 2. The normalized spacial score (nSPS) is 18.2. The van der Waals surface area contributed by atoms with Crippen molar-refractivity contribution in [3.05, 3.63) is 47.8 Å². The molecule has 25 heavy (non-hydrogen) atoms. The van der Waals surface area contributed by atoms with Gasteiger partial charge in [-0.2, -0.15) is 5.10 Å². The molecular weight excluding hydrogens is 317 g/mol. The van der Waals surface area contributed by atoms with Crippen molar-refractivity contribution in [2.24, 2.45) is 0 Å². The van der Waals surface area contributed by atoms with Gasteiger partial charge in [-0.05, 0) is 64.3 Å². The topological polar surface area (TPSA) is 73.3 Å². The Morgan fingerprint density at radius 2 is 1.56 bits per heavy atom. The van der Waals surface area contributed by atoms with E-state index in [4.69, 9.17) is 9.31 Å². The predicted octanol–water partition coefficient (Wildman–Crippen LogP) is 2.34. The van der Waals surface area contributed by atoms with E-state index in [9.17, 15) is 4.79 Å². The largest absolute Gasteiger partial charge is 0.494 e. The van der Waals surface area contributed by atoms with E-state index < -0.39 is 7.12 Å². The van der Waals surface area contributed by atoms with E-state index in [-0.39, 0.29) is 22.8 Å². The number of hydrogen-bond donors (Lipinski definition) is 1. The van der Waals surface area contributed by atoms with E-state index in [0.717, 1.165) is 11.2 Å². The Hall–Kier alpha value is -2.25. The van der Waals surface area contributed by atoms with E-state index in [0.29, 0.717) is 5.69 Å². The summed E-state index contributed by atoms with van der Waals surface area (Å²) in [6.45, 7) is 9.89. The third-order valence-electron chi connectivity index (χ3n) is 4.72. The summed E-state index contributed by atoms with van der Waals surface area (Å²) in [6.07, 6.45) is 0. The fraction of sp³-hybridized carbons (Fsp3) is 0.389. The molecule has 0 saturated carbocycles. The predicted molar refractivity (Wildman–Crippen MR) is 96.9 cm³/mol. The number of carbonyl (C=O) groups excluding carboxylic acids is 1. The van der Waals surface area contributed by atoms with E-state index in [1.54, 1.807) is 12.1 Å². The Kier molecular flexibility index (Phi) is 4.39. The Bertz CT molecular complexity index is 757. The Morgan fingerprint density at radius 3 is 2.08 bits per heavy atom. The van der Waals surface area contributed by atoms with Crippen molar-refractivity contribution in [3.63, 3.8) is 0 Å². The van der Waals surface area contributed by atoms with Crippen LogP contribution in [0.2, 0.25) is 0 Å². The first kappa shape index (κ1) is 17.6. The van der Waals surface area contributed by atoms with Crippen LogP contribution in [0.25, 0.3) is 0 Å². The molecule has 1 N–H and O–H groups in total. The summed E-state index contributed by atoms with van der Waals surface area (Å²) >= 11 is 0. The monoisotopic (exact) mass is 339 g/mol. The molecule has 1 aliphatic rings. The lowest BCUT2D eigenvalue weighted by Gasteiger charge is -2.32. The molecule has 0 aliphatic carbocycles. The summed E-state index contributed by atoms with van der Waals surface area (Å²) in [5.74, 6) is -0.295. The molecule has 130 valence electrons. The first-order chi connectivity index (χ1) is 11.7. The molecule has 7 heteroatoms. The van der Waals surface area contributed by atoms with Crippen molar-refractivity contribution in [3.8, 4) is 0 Å². The number of aromatic nitrogens is 2. The first-order valence-corrected chi connectivity index (χ1v) is 8.25. The van der Waals surface area contributed by atoms with Gasteiger partial charge < -0.3 is 14.6 Å². The standard InChI is InChI=1S/C18H22BN3O3/c1-12-6-11-15(22-21-12)16(23)20-14-9-7-13(8-10-14)19-24-17(2,3)18(4,5)25-19/h6-11H,1-5H3,(H,20,23). The molecule has 0 spiro atoms. The molecule has 3 rings (SSSR count). The fourth-order valence-electron chi connectivity index (χ4n) is 2.42. The molecule has 1 aromatic carbocycles. The van der Waals surface area contributed by atoms with Gasteiger partial charge in [-0.15, -0.1) is 5.10 Å². The minimum Gasteiger partial charge on any atom is -0.399 e. The SMILES string of the molecule is Cc1ccc(C(=O)Nc2ccc(B3OC(C)(C)C(C)(C)O3)cc2)nn1. The molecule has 1 saturated heterocycles. The number of carbonyl (C=O) groups is 1. The van der Waals surface area contributed by atoms with Gasteiger partial charge in [-0.1, -0.05) is 12.1 Å². The molecule has 0 radical (unpaired) electrons. The summed E-state index contributed by atoms with van der Waals surface area (Å²) in [4.78, 5) is 12.2. The van der Waals surface area contributed by atoms with Crippen LogP contribution in [0, 0.1) is 6.92 Å². The molecule has 0 bridgehead atoms. The second-order valence-corrected chi connectivity index (χ2v) is 7.22. The van der Waals surface area contributed by atoms with Gasteiger partial charge in [0.2, 0.25) is 0 Å². The summed E-state index contributed by atoms with van der Waals surface area (Å²) in [5, 5.41) is 10.6. The third-order valence-corrected chi connectivity index (χ3v) is 4.72. The molecule has 1 aromatic heterocycles. The van der Waals surface area contributed by atoms with Crippen LogP contribution >= 0.6 is 0 Å². The van der Waals surface area contributed by atoms with Gasteiger partial charge in [-0.3, -0.25) is 4.79 Å². The van der Waals surface area contributed by atoms with Crippen LogP contribution < -0.4 is 10.8 Å². The van der Waals surface area contributed by atoms with Crippen LogP contribution in [0.15, 0.2) is 36.4 Å². The number of amides is 1. The molecule has 0 atom stereocenters. The number of aryl methyl sites for hydroxylation is 1. The summed E-state index contributed by atoms with van der Waals surface area (Å²) in [5.41, 5.74) is 1.87. The van der Waals surface area contributed by atoms with Gasteiger partial charge in [0.1, 0.15) is 0 Å². The van der Waals surface area contributed by atoms with Gasteiger partial charge in [0.25, 0.3) is 5.91 Å². The number of benzene rings is 1. The molecule has 0 unspecified atom stereocenters. The van der Waals surface area contributed by atoms with Gasteiger partial charge >= 0.3 is 7.12 Å². The molecular formula is C18H22BN3O3. The van der Waals surface area contributed by atoms with Gasteiger partial charge in [0.05, 0.1) is 16.9 Å². The smallest absolute Gasteiger partial charge is 0.399 e. The zero-order valence-corrected chi connectivity index (χ0v) is 15.2. The third kappa shape index (κ3) is 3.57. The number of rotatable bonds is 3. The van der Waals surface area contributed by atoms with Crippen LogP contribution in [0.4, 0.5) is 5.69 Å². The van der Waals surface area contributed by atoms with Crippen LogP contribution in [-0.2, 0) is 9.31 Å². The second kappa shape index (κ2) is 6.24. The highest BCUT2D eigenvalue weighted by atomic mass is 16.7. The van der Waals surface area contributed by atoms with Crippen LogP contribution in [0.3, 0.4) is 0 Å². The fourth-order valence-corrected chi connectivity index (χ4v) is 2.42. The summed E-state index contributed by atoms with van der Waals surface area (Å²) < 4.78 is 12.0. The molecule has 6 nitrogen and oxygen atoms in total. The second-order valence-electron chi connectivity index (χ2n) is 7.22. The van der Waals surface area contributed by atoms with Crippen molar-refractivity contribution in [2.45, 2.75) is 45.8 Å². The maximum atomic E-state index is 12.2. The number of hydrogen-bond acceptors (Lipinski definition) is 5. The summed E-state index contributed by atoms with van der Waals surface area (Å²) in [6, 6.07) is 10.8. The average molecular weight is 339 g/mol. The lowest BCUT2D eigenvalue weighted by molar-refractivity contribution is 0.00578. The highest BCUT2D eigenvalue weighted by molar-refractivity contribution is 6.62. The maximum absolute atomic E-state index is 12.2. The minimum atomic E-state index is -0.419. The van der Waals surface area contributed by atoms with Gasteiger partial charge in [-0.25, -0.2) is 0 Å². The minimum absolute atomic E-state index is 0.278. The first-order valence-electron chi connectivity index (χ1n) is 8.25. The zero-order valence-electron chi connectivity index (χ0n) is 15.2. The van der Waals surface area contributed by atoms with Crippen molar-refractivity contribution in [1.29, 1.82) is 0 Å². The maximum Gasteiger partial charge on any atom is 0.494 e. The molecule has 1 amide bonds. The van der Waals surface area contributed by atoms with Crippen molar-refractivity contribution >= 4 is 24.2 Å². The van der Waals surface area contributed by atoms with Gasteiger partial charge in [0, 0.05) is 5.69 Å². The van der Waals surface area contributed by atoms with E-state index >= 15 is 0 Å². The highest BCUT2D eigenvalue weighted by Gasteiger charge is 2.51. The van der Waals surface area contributed by atoms with E-state index in [1.165, 1.54) is 0 Å². The molecule has 2 aromatic rings. The lowest BCUT2D eigenvalue weighted by Crippen LogP contribution is -2.41. The van der Waals surface area contributed by atoms with E-state index in [2.05, 4.69) is 15.5 Å². The lowest BCUT2D eigenvalue weighted by atomic mass is 9.79. The van der Waals surface area contributed by atoms with Crippen LogP contribution in [0.1, 0.15) is 43.9 Å². The Morgan fingerprint density at radius 1 is 0.960 bits per heavy atom. The number of nitrogens with one attached hydrogen (secondary N) is 1. The van der Waals surface area contributed by atoms with Gasteiger partial charge in [0.15, 0.2) is 5.69 Å². The highest BCUT2D eigenvalue weighted by Crippen LogP contribution is 2.36. The molecule has 1 fully saturated rings. The molecule has 2 heterocycles. The Labute approximate surface area is 148 Å². The Balaban J connectivity index is 1.69. The average Bonchev–Trinajstić information content (AvgIpc) is 2.76. The van der Waals surface area contributed by atoms with Crippen LogP contribution in [-0.4, -0.2) is 34.4 Å². The van der Waals surface area contributed by atoms with Crippen molar-refractivity contribution in [1.82, 2.24) is 10.2 Å². The van der Waals surface area contributed by atoms with E-state index in [1.807, 2.05) is 58.9 Å². The number of anilines is 1. The molecule has 1 aliphatic heterocycles. The van der Waals surface area contributed by atoms with Crippen LogP contribution in [0.5, 0.6) is 0 Å². The quantitative estimate of drug-likeness (QED) is 0.869. The van der Waals surface area contributed by atoms with Crippen molar-refractivity contribution < 1.29 is 14.1 Å².